The van der Waals surface area contributed by atoms with Crippen LogP contribution in [0.4, 0.5) is 5.69 Å². The third kappa shape index (κ3) is 6.45. The third-order valence-corrected chi connectivity index (χ3v) is 6.91. The van der Waals surface area contributed by atoms with Crippen LogP contribution in [0.5, 0.6) is 0 Å². The van der Waals surface area contributed by atoms with Crippen molar-refractivity contribution in [2.24, 2.45) is 0 Å². The standard InChI is InChI=1S/C23H30ClN3O3S/c1-3-22(27(31(2,29)30)21-11-9-20(24)10-12-21)23(28)25-16-18-7-6-8-19(15-18)17-26-13-4-5-14-26/h6-12,15,22H,3-5,13-14,16-17H2,1-2H3,(H,25,28). The monoisotopic (exact) mass is 463 g/mol. The second kappa shape index (κ2) is 10.5. The Balaban J connectivity index is 1.70. The number of hydrogen-bond donors (Lipinski definition) is 1. The molecule has 1 amide bonds. The molecule has 0 aromatic heterocycles. The number of amides is 1. The van der Waals surface area contributed by atoms with Crippen LogP contribution in [-0.2, 0) is 27.9 Å². The van der Waals surface area contributed by atoms with Crippen molar-refractivity contribution in [3.05, 3.63) is 64.7 Å². The zero-order chi connectivity index (χ0) is 22.4. The molecule has 1 unspecified atom stereocenters. The molecule has 3 rings (SSSR count). The largest absolute Gasteiger partial charge is 0.350 e. The molecule has 0 radical (unpaired) electrons. The van der Waals surface area contributed by atoms with E-state index in [0.29, 0.717) is 23.7 Å². The summed E-state index contributed by atoms with van der Waals surface area (Å²) in [4.78, 5) is 15.4. The first-order valence-corrected chi connectivity index (χ1v) is 12.8. The second-order valence-corrected chi connectivity index (χ2v) is 10.3. The number of nitrogens with one attached hydrogen (secondary N) is 1. The van der Waals surface area contributed by atoms with E-state index in [2.05, 4.69) is 22.3 Å². The Bertz CT molecular complexity index is 989. The normalized spacial score (nSPS) is 15.6. The van der Waals surface area contributed by atoms with E-state index in [1.807, 2.05) is 12.1 Å². The van der Waals surface area contributed by atoms with E-state index in [-0.39, 0.29) is 5.91 Å². The zero-order valence-corrected chi connectivity index (χ0v) is 19.6. The molecule has 0 bridgehead atoms. The molecule has 168 valence electrons. The van der Waals surface area contributed by atoms with Crippen LogP contribution in [0, 0.1) is 0 Å². The number of carbonyl (C=O) groups is 1. The lowest BCUT2D eigenvalue weighted by atomic mass is 10.1. The maximum Gasteiger partial charge on any atom is 0.244 e. The van der Waals surface area contributed by atoms with E-state index in [4.69, 9.17) is 11.6 Å². The molecule has 2 aromatic rings. The van der Waals surface area contributed by atoms with Gasteiger partial charge in [-0.2, -0.15) is 0 Å². The summed E-state index contributed by atoms with van der Waals surface area (Å²) in [7, 11) is -3.67. The van der Waals surface area contributed by atoms with E-state index in [1.165, 1.54) is 22.7 Å². The predicted molar refractivity (Wildman–Crippen MR) is 126 cm³/mol. The van der Waals surface area contributed by atoms with Crippen molar-refractivity contribution in [1.29, 1.82) is 0 Å². The first kappa shape index (κ1) is 23.6. The number of hydrogen-bond acceptors (Lipinski definition) is 4. The fourth-order valence-electron chi connectivity index (χ4n) is 3.99. The number of carbonyl (C=O) groups excluding carboxylic acids is 1. The number of rotatable bonds is 9. The number of anilines is 1. The van der Waals surface area contributed by atoms with Gasteiger partial charge in [-0.1, -0.05) is 42.8 Å². The summed E-state index contributed by atoms with van der Waals surface area (Å²) in [6.07, 6.45) is 3.95. The van der Waals surface area contributed by atoms with Crippen molar-refractivity contribution in [2.45, 2.75) is 45.3 Å². The van der Waals surface area contributed by atoms with Gasteiger partial charge in [0.15, 0.2) is 0 Å². The van der Waals surface area contributed by atoms with Gasteiger partial charge in [0, 0.05) is 18.1 Å². The van der Waals surface area contributed by atoms with Gasteiger partial charge in [0.1, 0.15) is 6.04 Å². The van der Waals surface area contributed by atoms with Gasteiger partial charge in [0.25, 0.3) is 0 Å². The minimum absolute atomic E-state index is 0.326. The molecular formula is C23H30ClN3O3S. The molecule has 6 nitrogen and oxygen atoms in total. The smallest absolute Gasteiger partial charge is 0.244 e. The summed E-state index contributed by atoms with van der Waals surface area (Å²) >= 11 is 5.94. The average Bonchev–Trinajstić information content (AvgIpc) is 3.23. The van der Waals surface area contributed by atoms with Crippen LogP contribution < -0.4 is 9.62 Å². The number of nitrogens with zero attached hydrogens (tertiary/aromatic N) is 2. The third-order valence-electron chi connectivity index (χ3n) is 5.47. The van der Waals surface area contributed by atoms with Gasteiger partial charge in [-0.25, -0.2) is 8.42 Å². The van der Waals surface area contributed by atoms with Gasteiger partial charge in [-0.05, 0) is 67.7 Å². The average molecular weight is 464 g/mol. The summed E-state index contributed by atoms with van der Waals surface area (Å²) in [5, 5.41) is 3.42. The van der Waals surface area contributed by atoms with E-state index >= 15 is 0 Å². The van der Waals surface area contributed by atoms with Crippen molar-refractivity contribution in [1.82, 2.24) is 10.2 Å². The second-order valence-electron chi connectivity index (χ2n) is 7.98. The van der Waals surface area contributed by atoms with Crippen molar-refractivity contribution in [2.75, 3.05) is 23.7 Å². The first-order chi connectivity index (χ1) is 14.8. The topological polar surface area (TPSA) is 69.7 Å². The number of benzene rings is 2. The quantitative estimate of drug-likeness (QED) is 0.614. The van der Waals surface area contributed by atoms with Crippen molar-refractivity contribution < 1.29 is 13.2 Å². The molecule has 0 spiro atoms. The molecule has 8 heteroatoms. The van der Waals surface area contributed by atoms with Crippen LogP contribution in [0.25, 0.3) is 0 Å². The molecule has 2 aromatic carbocycles. The van der Waals surface area contributed by atoms with Crippen LogP contribution >= 0.6 is 11.6 Å². The number of likely N-dealkylation sites (tertiary alicyclic amines) is 1. The Morgan fingerprint density at radius 1 is 1.13 bits per heavy atom. The Morgan fingerprint density at radius 3 is 2.39 bits per heavy atom. The maximum atomic E-state index is 13.0. The van der Waals surface area contributed by atoms with Crippen LogP contribution in [-0.4, -0.2) is 44.6 Å². The molecule has 1 fully saturated rings. The summed E-state index contributed by atoms with van der Waals surface area (Å²) in [6.45, 7) is 5.32. The van der Waals surface area contributed by atoms with Crippen molar-refractivity contribution >= 4 is 33.2 Å². The number of halogens is 1. The fraction of sp³-hybridized carbons (Fsp3) is 0.435. The van der Waals surface area contributed by atoms with Crippen molar-refractivity contribution in [3.8, 4) is 0 Å². The molecule has 1 N–H and O–H groups in total. The molecular weight excluding hydrogens is 434 g/mol. The lowest BCUT2D eigenvalue weighted by Crippen LogP contribution is -2.49. The highest BCUT2D eigenvalue weighted by Crippen LogP contribution is 2.24. The summed E-state index contributed by atoms with van der Waals surface area (Å²) in [5.74, 6) is -0.326. The zero-order valence-electron chi connectivity index (χ0n) is 18.1. The van der Waals surface area contributed by atoms with E-state index in [9.17, 15) is 13.2 Å². The minimum Gasteiger partial charge on any atom is -0.350 e. The Kier molecular flexibility index (Phi) is 7.97. The van der Waals surface area contributed by atoms with Gasteiger partial charge in [0.2, 0.25) is 15.9 Å². The molecule has 1 heterocycles. The SMILES string of the molecule is CCC(C(=O)NCc1cccc(CN2CCCC2)c1)N(c1ccc(Cl)cc1)S(C)(=O)=O. The molecule has 0 saturated carbocycles. The molecule has 1 aliphatic rings. The van der Waals surface area contributed by atoms with Crippen LogP contribution in [0.1, 0.15) is 37.3 Å². The van der Waals surface area contributed by atoms with Crippen LogP contribution in [0.3, 0.4) is 0 Å². The highest BCUT2D eigenvalue weighted by atomic mass is 35.5. The molecule has 1 aliphatic heterocycles. The first-order valence-electron chi connectivity index (χ1n) is 10.6. The van der Waals surface area contributed by atoms with Gasteiger partial charge >= 0.3 is 0 Å². The number of sulfonamides is 1. The minimum atomic E-state index is -3.67. The van der Waals surface area contributed by atoms with Crippen LogP contribution in [0.15, 0.2) is 48.5 Å². The van der Waals surface area contributed by atoms with E-state index in [1.54, 1.807) is 31.2 Å². The fourth-order valence-corrected chi connectivity index (χ4v) is 5.33. The van der Waals surface area contributed by atoms with E-state index < -0.39 is 16.1 Å². The van der Waals surface area contributed by atoms with Gasteiger partial charge in [0.05, 0.1) is 11.9 Å². The summed E-state index contributed by atoms with van der Waals surface area (Å²) < 4.78 is 26.2. The van der Waals surface area contributed by atoms with E-state index in [0.717, 1.165) is 31.5 Å². The highest BCUT2D eigenvalue weighted by Gasteiger charge is 2.31. The lowest BCUT2D eigenvalue weighted by Gasteiger charge is -2.30. The van der Waals surface area contributed by atoms with Crippen molar-refractivity contribution in [3.63, 3.8) is 0 Å². The molecule has 1 saturated heterocycles. The highest BCUT2D eigenvalue weighted by molar-refractivity contribution is 7.92. The molecule has 1 atom stereocenters. The molecule has 0 aliphatic carbocycles. The lowest BCUT2D eigenvalue weighted by molar-refractivity contribution is -0.122. The predicted octanol–water partition coefficient (Wildman–Crippen LogP) is 3.80. The maximum absolute atomic E-state index is 13.0. The Hall–Kier alpha value is -2.09. The Labute approximate surface area is 190 Å². The summed E-state index contributed by atoms with van der Waals surface area (Å²) in [5.41, 5.74) is 2.64. The van der Waals surface area contributed by atoms with Gasteiger partial charge in [-0.15, -0.1) is 0 Å². The molecule has 31 heavy (non-hydrogen) atoms. The van der Waals surface area contributed by atoms with Crippen LogP contribution in [0.2, 0.25) is 5.02 Å². The summed E-state index contributed by atoms with van der Waals surface area (Å²) in [6, 6.07) is 13.8. The van der Waals surface area contributed by atoms with Gasteiger partial charge in [-0.3, -0.25) is 14.0 Å². The Morgan fingerprint density at radius 2 is 1.77 bits per heavy atom. The van der Waals surface area contributed by atoms with Gasteiger partial charge < -0.3 is 5.32 Å².